The zero-order valence-electron chi connectivity index (χ0n) is 27.0. The fourth-order valence-electron chi connectivity index (χ4n) is 5.54. The molecule has 8 nitrogen and oxygen atoms in total. The summed E-state index contributed by atoms with van der Waals surface area (Å²) in [5, 5.41) is 4.21. The van der Waals surface area contributed by atoms with E-state index < -0.39 is 30.1 Å². The number of rotatable bonds is 16. The summed E-state index contributed by atoms with van der Waals surface area (Å²) in [4.78, 5) is 25.7. The predicted molar refractivity (Wildman–Crippen MR) is 183 cm³/mol. The molecule has 0 radical (unpaired) electrons. The number of aryl methyl sites for hydroxylation is 1. The topological polar surface area (TPSA) is 127 Å². The third-order valence-corrected chi connectivity index (χ3v) is 8.71. The van der Waals surface area contributed by atoms with Crippen molar-refractivity contribution in [3.63, 3.8) is 0 Å². The molecule has 2 aromatic heterocycles. The lowest BCUT2D eigenvalue weighted by molar-refractivity contribution is -0.137. The van der Waals surface area contributed by atoms with Crippen LogP contribution in [0.25, 0.3) is 28.0 Å². The highest BCUT2D eigenvalue weighted by atomic mass is 32.2. The van der Waals surface area contributed by atoms with Crippen LogP contribution in [0.1, 0.15) is 68.7 Å². The maximum atomic E-state index is 13.8. The van der Waals surface area contributed by atoms with Crippen molar-refractivity contribution >= 4 is 28.6 Å². The van der Waals surface area contributed by atoms with Gasteiger partial charge in [0.2, 0.25) is 0 Å². The van der Waals surface area contributed by atoms with Crippen molar-refractivity contribution in [2.24, 2.45) is 16.5 Å². The Labute approximate surface area is 276 Å². The molecule has 0 spiro atoms. The Morgan fingerprint density at radius 2 is 1.94 bits per heavy atom. The van der Waals surface area contributed by atoms with Crippen molar-refractivity contribution in [2.45, 2.75) is 75.5 Å². The Morgan fingerprint density at radius 3 is 2.62 bits per heavy atom. The molecule has 0 aliphatic heterocycles. The molecule has 0 fully saturated rings. The number of amidine groups is 1. The van der Waals surface area contributed by atoms with Gasteiger partial charge in [-0.3, -0.25) is 9.56 Å². The van der Waals surface area contributed by atoms with Crippen LogP contribution in [0.4, 0.5) is 17.6 Å². The summed E-state index contributed by atoms with van der Waals surface area (Å²) >= 11 is 1.59. The number of benzene rings is 2. The van der Waals surface area contributed by atoms with E-state index in [1.165, 1.54) is 4.57 Å². The van der Waals surface area contributed by atoms with Gasteiger partial charge in [-0.05, 0) is 105 Å². The Bertz CT molecular complexity index is 1730. The van der Waals surface area contributed by atoms with Crippen LogP contribution in [0.5, 0.6) is 0 Å². The molecule has 0 amide bonds. The van der Waals surface area contributed by atoms with Gasteiger partial charge in [0, 0.05) is 40.8 Å². The normalized spacial score (nSPS) is 13.7. The van der Waals surface area contributed by atoms with Gasteiger partial charge < -0.3 is 21.8 Å². The van der Waals surface area contributed by atoms with Gasteiger partial charge in [-0.15, -0.1) is 11.8 Å². The van der Waals surface area contributed by atoms with E-state index in [9.17, 15) is 22.4 Å². The van der Waals surface area contributed by atoms with Gasteiger partial charge in [0.15, 0.2) is 0 Å². The first-order valence-corrected chi connectivity index (χ1v) is 17.0. The molecule has 2 aromatic carbocycles. The highest BCUT2D eigenvalue weighted by Gasteiger charge is 2.31. The molecule has 2 heterocycles. The quantitative estimate of drug-likeness (QED) is 0.0336. The summed E-state index contributed by atoms with van der Waals surface area (Å²) in [6, 6.07) is 10.9. The Morgan fingerprint density at radius 1 is 1.15 bits per heavy atom. The molecule has 47 heavy (non-hydrogen) atoms. The van der Waals surface area contributed by atoms with E-state index in [0.29, 0.717) is 59.5 Å². The van der Waals surface area contributed by atoms with Crippen LogP contribution < -0.4 is 22.5 Å². The third-order valence-electron chi connectivity index (χ3n) is 7.91. The number of nitrogens with zero attached hydrogens (tertiary/aromatic N) is 3. The first-order valence-electron chi connectivity index (χ1n) is 15.8. The SMILES string of the molecule is CCCC(NCCCN=C(C)N)c1ccc(-n2cc3cc(-c4cc(CCCC(N)CF)cc(C(F)(F)F)c4)[nH]c3nc2=O)cc1SC. The number of H-pyrrole nitrogens is 1. The zero-order valence-corrected chi connectivity index (χ0v) is 27.8. The van der Waals surface area contributed by atoms with Gasteiger partial charge in [0.1, 0.15) is 12.3 Å². The molecular formula is C34H43F4N7OS. The highest BCUT2D eigenvalue weighted by Crippen LogP contribution is 2.35. The highest BCUT2D eigenvalue weighted by molar-refractivity contribution is 7.98. The smallest absolute Gasteiger partial charge is 0.388 e. The van der Waals surface area contributed by atoms with Crippen molar-refractivity contribution in [1.82, 2.24) is 19.9 Å². The Hall–Kier alpha value is -3.68. The fraction of sp³-hybridized carbons (Fsp3) is 0.441. The molecule has 4 aromatic rings. The fourth-order valence-corrected chi connectivity index (χ4v) is 6.23. The maximum absolute atomic E-state index is 13.8. The van der Waals surface area contributed by atoms with Gasteiger partial charge in [0.25, 0.3) is 0 Å². The van der Waals surface area contributed by atoms with Crippen LogP contribution in [-0.4, -0.2) is 52.4 Å². The number of thioether (sulfide) groups is 1. The molecular weight excluding hydrogens is 630 g/mol. The minimum atomic E-state index is -4.56. The largest absolute Gasteiger partial charge is 0.416 e. The molecule has 0 aliphatic rings. The molecule has 13 heteroatoms. The number of aliphatic imine (C=N–C) groups is 1. The summed E-state index contributed by atoms with van der Waals surface area (Å²) in [5.41, 5.74) is 13.2. The van der Waals surface area contributed by atoms with Crippen molar-refractivity contribution in [2.75, 3.05) is 26.0 Å². The van der Waals surface area contributed by atoms with E-state index in [0.717, 1.165) is 48.4 Å². The number of aromatic nitrogens is 3. The second-order valence-corrected chi connectivity index (χ2v) is 12.5. The summed E-state index contributed by atoms with van der Waals surface area (Å²) in [6.45, 7) is 4.68. The first-order chi connectivity index (χ1) is 22.4. The molecule has 0 aliphatic carbocycles. The molecule has 254 valence electrons. The van der Waals surface area contributed by atoms with Gasteiger partial charge in [-0.1, -0.05) is 19.4 Å². The predicted octanol–water partition coefficient (Wildman–Crippen LogP) is 6.94. The Balaban J connectivity index is 1.64. The van der Waals surface area contributed by atoms with Crippen LogP contribution in [0.15, 0.2) is 63.3 Å². The lowest BCUT2D eigenvalue weighted by atomic mass is 9.98. The van der Waals surface area contributed by atoms with Crippen LogP contribution in [0, 0.1) is 0 Å². The second-order valence-electron chi connectivity index (χ2n) is 11.7. The van der Waals surface area contributed by atoms with Crippen molar-refractivity contribution in [1.29, 1.82) is 0 Å². The van der Waals surface area contributed by atoms with Crippen molar-refractivity contribution < 1.29 is 17.6 Å². The van der Waals surface area contributed by atoms with E-state index in [-0.39, 0.29) is 11.7 Å². The Kier molecular flexibility index (Phi) is 12.6. The lowest BCUT2D eigenvalue weighted by Crippen LogP contribution is -2.24. The van der Waals surface area contributed by atoms with E-state index in [2.05, 4.69) is 27.2 Å². The van der Waals surface area contributed by atoms with E-state index in [4.69, 9.17) is 11.5 Å². The second kappa shape index (κ2) is 16.4. The van der Waals surface area contributed by atoms with Gasteiger partial charge in [0.05, 0.1) is 17.1 Å². The summed E-state index contributed by atoms with van der Waals surface area (Å²) in [7, 11) is 0. The van der Waals surface area contributed by atoms with E-state index >= 15 is 0 Å². The number of nitrogens with one attached hydrogen (secondary N) is 2. The number of alkyl halides is 4. The molecule has 0 bridgehead atoms. The average molecular weight is 674 g/mol. The monoisotopic (exact) mass is 673 g/mol. The number of hydrogen-bond donors (Lipinski definition) is 4. The maximum Gasteiger partial charge on any atom is 0.416 e. The average Bonchev–Trinajstić information content (AvgIpc) is 3.45. The van der Waals surface area contributed by atoms with Gasteiger partial charge >= 0.3 is 11.9 Å². The van der Waals surface area contributed by atoms with Crippen LogP contribution in [-0.2, 0) is 12.6 Å². The van der Waals surface area contributed by atoms with Crippen LogP contribution >= 0.6 is 11.8 Å². The molecule has 0 saturated heterocycles. The number of aromatic amines is 1. The van der Waals surface area contributed by atoms with Gasteiger partial charge in [-0.25, -0.2) is 9.18 Å². The van der Waals surface area contributed by atoms with E-state index in [1.54, 1.807) is 37.0 Å². The molecule has 2 unspecified atom stereocenters. The number of nitrogens with two attached hydrogens (primary N) is 2. The van der Waals surface area contributed by atoms with Crippen molar-refractivity contribution in [3.8, 4) is 16.9 Å². The van der Waals surface area contributed by atoms with Crippen LogP contribution in [0.3, 0.4) is 0 Å². The number of halogens is 4. The summed E-state index contributed by atoms with van der Waals surface area (Å²) < 4.78 is 55.7. The third kappa shape index (κ3) is 9.68. The molecule has 4 rings (SSSR count). The van der Waals surface area contributed by atoms with Crippen LogP contribution in [0.2, 0.25) is 0 Å². The molecule has 6 N–H and O–H groups in total. The number of hydrogen-bond acceptors (Lipinski definition) is 6. The summed E-state index contributed by atoms with van der Waals surface area (Å²) in [5.74, 6) is 0.572. The van der Waals surface area contributed by atoms with E-state index in [1.807, 2.05) is 24.5 Å². The standard InChI is InChI=1S/C34H43F4N7OS/c1-4-7-29(42-13-6-12-41-21(2)39)28-11-10-27(18-31(28)47-3)45-20-24-17-30(43-32(24)44-33(45)46)23-14-22(8-5-9-26(40)19-35)15-25(16-23)34(36,37)38/h10-11,14-18,20,26,29,42H,4-9,12-13,19,40H2,1-3H3,(H2,39,41)(H,43,44,46). The van der Waals surface area contributed by atoms with Crippen molar-refractivity contribution in [3.05, 3.63) is 75.8 Å². The lowest BCUT2D eigenvalue weighted by Gasteiger charge is -2.22. The van der Waals surface area contributed by atoms with Gasteiger partial charge in [-0.2, -0.15) is 18.2 Å². The minimum Gasteiger partial charge on any atom is -0.388 e. The molecule has 2 atom stereocenters. The number of fused-ring (bicyclic) bond motifs is 1. The first kappa shape index (κ1) is 36.2. The summed E-state index contributed by atoms with van der Waals surface area (Å²) in [6.07, 6.45) is 3.01. The minimum absolute atomic E-state index is 0.127. The molecule has 0 saturated carbocycles. The zero-order chi connectivity index (χ0) is 34.1.